The summed E-state index contributed by atoms with van der Waals surface area (Å²) in [5, 5.41) is 10.3. The molecule has 0 heterocycles. The Balaban J connectivity index is 0. The van der Waals surface area contributed by atoms with Crippen molar-refractivity contribution in [2.24, 2.45) is 0 Å². The fourth-order valence-electron chi connectivity index (χ4n) is 0.200. The van der Waals surface area contributed by atoms with Gasteiger partial charge in [-0.15, -0.1) is 0 Å². The number of nitrogens with one attached hydrogen (secondary N) is 3. The van der Waals surface area contributed by atoms with Gasteiger partial charge in [-0.25, -0.2) is 0 Å². The van der Waals surface area contributed by atoms with Crippen molar-refractivity contribution in [3.63, 3.8) is 0 Å². The summed E-state index contributed by atoms with van der Waals surface area (Å²) >= 11 is 4.40. The summed E-state index contributed by atoms with van der Waals surface area (Å²) in [5.41, 5.74) is 1.83. The first-order valence-corrected chi connectivity index (χ1v) is 2.50. The van der Waals surface area contributed by atoms with Gasteiger partial charge in [0.25, 0.3) is 0 Å². The molecule has 0 saturated carbocycles. The minimum Gasteiger partial charge on any atom is -0.584 e. The fourth-order valence-corrected chi connectivity index (χ4v) is 0.272. The van der Waals surface area contributed by atoms with E-state index < -0.39 is 5.97 Å². The van der Waals surface area contributed by atoms with Gasteiger partial charge in [0, 0.05) is 0 Å². The zero-order chi connectivity index (χ0) is 7.28. The number of aliphatic carboxylic acids is 1. The summed E-state index contributed by atoms with van der Waals surface area (Å²) in [7, 11) is 0. The van der Waals surface area contributed by atoms with Crippen LogP contribution in [0.15, 0.2) is 0 Å². The number of hydrogen-bond acceptors (Lipinski definition) is 2. The number of carboxylic acid groups (broad SMARTS) is 1. The number of carboxylic acids is 1. The summed E-state index contributed by atoms with van der Waals surface area (Å²) in [6.07, 6.45) is 0. The first-order valence-electron chi connectivity index (χ1n) is 2.09. The van der Waals surface area contributed by atoms with Crippen molar-refractivity contribution in [1.82, 2.24) is 10.7 Å². The summed E-state index contributed by atoms with van der Waals surface area (Å²) in [6, 6.07) is 0. The SMILES string of the molecule is [NH-]NC(=S)NCC(=O)O.[Na+]. The van der Waals surface area contributed by atoms with Gasteiger partial charge in [0.2, 0.25) is 0 Å². The Morgan fingerprint density at radius 2 is 2.20 bits per heavy atom. The summed E-state index contributed by atoms with van der Waals surface area (Å²) in [5.74, 6) is 5.40. The van der Waals surface area contributed by atoms with E-state index in [1.54, 1.807) is 0 Å². The van der Waals surface area contributed by atoms with Gasteiger partial charge in [-0.3, -0.25) is 4.79 Å². The second kappa shape index (κ2) is 7.23. The maximum atomic E-state index is 9.81. The van der Waals surface area contributed by atoms with Gasteiger partial charge < -0.3 is 21.7 Å². The Morgan fingerprint density at radius 1 is 1.70 bits per heavy atom. The zero-order valence-electron chi connectivity index (χ0n) is 5.47. The smallest absolute Gasteiger partial charge is 0.584 e. The molecule has 0 aromatic rings. The standard InChI is InChI=1S/C3H6N3O2S.Na/c4-6-3(9)5-1-2(7)8;/h4H,1H2,(H,7,8)(H2,5,6,9);/q-1;+1. The van der Waals surface area contributed by atoms with Crippen LogP contribution in [0.1, 0.15) is 0 Å². The molecule has 0 amide bonds. The molecule has 0 aliphatic heterocycles. The maximum Gasteiger partial charge on any atom is 1.00 e. The molecule has 0 saturated heterocycles. The summed E-state index contributed by atoms with van der Waals surface area (Å²) in [6.45, 7) is -0.259. The molecule has 0 aliphatic rings. The number of carbonyl (C=O) groups is 1. The van der Waals surface area contributed by atoms with Crippen LogP contribution in [0.25, 0.3) is 5.84 Å². The van der Waals surface area contributed by atoms with E-state index in [9.17, 15) is 4.79 Å². The maximum absolute atomic E-state index is 9.81. The van der Waals surface area contributed by atoms with Crippen LogP contribution in [0.3, 0.4) is 0 Å². The van der Waals surface area contributed by atoms with Crippen molar-refractivity contribution >= 4 is 23.3 Å². The molecule has 4 N–H and O–H groups in total. The quantitative estimate of drug-likeness (QED) is 0.228. The molecule has 0 atom stereocenters. The fraction of sp³-hybridized carbons (Fsp3) is 0.333. The number of hydrogen-bond donors (Lipinski definition) is 3. The largest absolute Gasteiger partial charge is 1.00 e. The van der Waals surface area contributed by atoms with E-state index in [-0.39, 0.29) is 41.2 Å². The molecule has 0 aromatic carbocycles. The van der Waals surface area contributed by atoms with Gasteiger partial charge in [-0.05, 0) is 12.2 Å². The Labute approximate surface area is 85.6 Å². The second-order valence-electron chi connectivity index (χ2n) is 1.20. The predicted molar refractivity (Wildman–Crippen MR) is 35.7 cm³/mol. The van der Waals surface area contributed by atoms with Crippen molar-refractivity contribution < 1.29 is 39.5 Å². The van der Waals surface area contributed by atoms with Crippen LogP contribution in [0.5, 0.6) is 0 Å². The van der Waals surface area contributed by atoms with Crippen LogP contribution in [0.2, 0.25) is 0 Å². The van der Waals surface area contributed by atoms with Crippen LogP contribution < -0.4 is 40.3 Å². The van der Waals surface area contributed by atoms with Crippen molar-refractivity contribution in [3.05, 3.63) is 5.84 Å². The van der Waals surface area contributed by atoms with Gasteiger partial charge in [-0.1, -0.05) is 0 Å². The zero-order valence-corrected chi connectivity index (χ0v) is 8.29. The van der Waals surface area contributed by atoms with Crippen LogP contribution in [0.4, 0.5) is 0 Å². The number of rotatable bonds is 2. The van der Waals surface area contributed by atoms with Gasteiger partial charge in [0.1, 0.15) is 11.7 Å². The number of thiocarbonyl (C=S) groups is 1. The van der Waals surface area contributed by atoms with Gasteiger partial charge in [-0.2, -0.15) is 0 Å². The van der Waals surface area contributed by atoms with Crippen LogP contribution in [-0.4, -0.2) is 22.7 Å². The molecule has 0 bridgehead atoms. The van der Waals surface area contributed by atoms with E-state index in [0.717, 1.165) is 0 Å². The first kappa shape index (κ1) is 12.8. The van der Waals surface area contributed by atoms with Gasteiger partial charge in [0.05, 0.1) is 0 Å². The van der Waals surface area contributed by atoms with Crippen molar-refractivity contribution in [2.45, 2.75) is 0 Å². The molecule has 0 fully saturated rings. The van der Waals surface area contributed by atoms with E-state index >= 15 is 0 Å². The van der Waals surface area contributed by atoms with Crippen molar-refractivity contribution in [1.29, 1.82) is 0 Å². The molecule has 5 nitrogen and oxygen atoms in total. The molecule has 0 radical (unpaired) electrons. The molecule has 52 valence electrons. The monoisotopic (exact) mass is 171 g/mol. The van der Waals surface area contributed by atoms with Gasteiger partial charge >= 0.3 is 35.5 Å². The normalized spacial score (nSPS) is 7.30. The first-order chi connectivity index (χ1) is 4.16. The van der Waals surface area contributed by atoms with E-state index in [0.29, 0.717) is 0 Å². The van der Waals surface area contributed by atoms with Gasteiger partial charge in [0.15, 0.2) is 0 Å². The molecule has 7 heteroatoms. The second-order valence-corrected chi connectivity index (χ2v) is 1.61. The van der Waals surface area contributed by atoms with E-state index in [1.165, 1.54) is 0 Å². The molecule has 0 aliphatic carbocycles. The van der Waals surface area contributed by atoms with Crippen molar-refractivity contribution in [3.8, 4) is 0 Å². The molecule has 0 spiro atoms. The third kappa shape index (κ3) is 8.12. The summed E-state index contributed by atoms with van der Waals surface area (Å²) < 4.78 is 0. The van der Waals surface area contributed by atoms with Crippen molar-refractivity contribution in [2.75, 3.05) is 6.54 Å². The third-order valence-corrected chi connectivity index (χ3v) is 0.760. The minimum atomic E-state index is -1.01. The summed E-state index contributed by atoms with van der Waals surface area (Å²) in [4.78, 5) is 9.81. The van der Waals surface area contributed by atoms with Crippen LogP contribution in [-0.2, 0) is 4.79 Å². The molecule has 10 heavy (non-hydrogen) atoms. The van der Waals surface area contributed by atoms with Crippen LogP contribution >= 0.6 is 12.2 Å². The third-order valence-electron chi connectivity index (χ3n) is 0.514. The molecular formula is C3H6N3NaO2S. The Bertz CT molecular complexity index is 131. The van der Waals surface area contributed by atoms with E-state index in [4.69, 9.17) is 10.9 Å². The molecule has 0 aromatic heterocycles. The molecule has 0 unspecified atom stereocenters. The van der Waals surface area contributed by atoms with E-state index in [2.05, 4.69) is 17.5 Å². The van der Waals surface area contributed by atoms with E-state index in [1.807, 2.05) is 5.43 Å². The Hall–Kier alpha value is 0.120. The topological polar surface area (TPSA) is 85.2 Å². The average Bonchev–Trinajstić information content (AvgIpc) is 1.83. The Kier molecular flexibility index (Phi) is 9.23. The molecular weight excluding hydrogens is 165 g/mol. The average molecular weight is 171 g/mol. The van der Waals surface area contributed by atoms with Crippen LogP contribution in [0, 0.1) is 0 Å². The Morgan fingerprint density at radius 3 is 2.50 bits per heavy atom. The molecule has 0 rings (SSSR count). The minimum absolute atomic E-state index is 0. The predicted octanol–water partition coefficient (Wildman–Crippen LogP) is -3.49.